The first-order chi connectivity index (χ1) is 16.2. The van der Waals surface area contributed by atoms with Crippen molar-refractivity contribution < 1.29 is 42.7 Å². The van der Waals surface area contributed by atoms with Crippen LogP contribution in [0.4, 0.5) is 0 Å². The van der Waals surface area contributed by atoms with Crippen molar-refractivity contribution in [2.24, 2.45) is 28.6 Å². The highest BCUT2D eigenvalue weighted by atomic mass is 31.2. The van der Waals surface area contributed by atoms with Gasteiger partial charge in [0.05, 0.1) is 6.10 Å². The average molecular weight is 513 g/mol. The molecule has 0 aromatic heterocycles. The van der Waals surface area contributed by atoms with Crippen LogP contribution < -0.4 is 0 Å². The molecule has 0 spiro atoms. The second-order valence-electron chi connectivity index (χ2n) is 11.3. The molecular formula is C25H37O9P. The number of hydrogen-bond donors (Lipinski definition) is 2. The van der Waals surface area contributed by atoms with Gasteiger partial charge in [-0.2, -0.15) is 0 Å². The number of hydrogen-bond acceptors (Lipinski definition) is 7. The molecule has 2 N–H and O–H groups in total. The summed E-state index contributed by atoms with van der Waals surface area (Å²) in [6.07, 6.45) is 7.18. The molecular weight excluding hydrogens is 475 g/mol. The summed E-state index contributed by atoms with van der Waals surface area (Å²) in [6, 6.07) is 0. The van der Waals surface area contributed by atoms with Gasteiger partial charge < -0.3 is 19.3 Å². The molecule has 0 bridgehead atoms. The minimum atomic E-state index is -4.54. The van der Waals surface area contributed by atoms with Crippen molar-refractivity contribution in [3.05, 3.63) is 11.6 Å². The van der Waals surface area contributed by atoms with Crippen molar-refractivity contribution in [2.45, 2.75) is 90.8 Å². The number of fused-ring (bicyclic) bond motifs is 5. The van der Waals surface area contributed by atoms with Gasteiger partial charge in [-0.05, 0) is 74.5 Å². The van der Waals surface area contributed by atoms with Crippen molar-refractivity contribution in [1.82, 2.24) is 0 Å². The van der Waals surface area contributed by atoms with E-state index >= 15 is 0 Å². The minimum absolute atomic E-state index is 0.0898. The van der Waals surface area contributed by atoms with E-state index in [0.717, 1.165) is 25.7 Å². The van der Waals surface area contributed by atoms with Crippen LogP contribution in [0.15, 0.2) is 11.6 Å². The summed E-state index contributed by atoms with van der Waals surface area (Å²) in [4.78, 5) is 55.5. The normalized spacial score (nSPS) is 40.6. The van der Waals surface area contributed by atoms with Gasteiger partial charge in [0.1, 0.15) is 0 Å². The predicted molar refractivity (Wildman–Crippen MR) is 125 cm³/mol. The quantitative estimate of drug-likeness (QED) is 0.309. The zero-order chi connectivity index (χ0) is 25.8. The lowest BCUT2D eigenvalue weighted by Gasteiger charge is -2.59. The highest BCUT2D eigenvalue weighted by Gasteiger charge is 2.68. The van der Waals surface area contributed by atoms with Gasteiger partial charge in [0.25, 0.3) is 0 Å². The number of phosphoric acid groups is 1. The van der Waals surface area contributed by atoms with Crippen molar-refractivity contribution in [1.29, 1.82) is 0 Å². The van der Waals surface area contributed by atoms with E-state index in [9.17, 15) is 28.7 Å². The van der Waals surface area contributed by atoms with Gasteiger partial charge >= 0.3 is 19.8 Å². The van der Waals surface area contributed by atoms with Crippen molar-refractivity contribution in [2.75, 3.05) is 6.61 Å². The highest BCUT2D eigenvalue weighted by molar-refractivity contribution is 7.46. The molecule has 196 valence electrons. The van der Waals surface area contributed by atoms with Crippen LogP contribution in [0.2, 0.25) is 0 Å². The summed E-state index contributed by atoms with van der Waals surface area (Å²) >= 11 is 0. The van der Waals surface area contributed by atoms with E-state index in [2.05, 4.69) is 19.9 Å². The molecule has 0 amide bonds. The Bertz CT molecular complexity index is 985. The number of rotatable bonds is 6. The van der Waals surface area contributed by atoms with E-state index in [0.29, 0.717) is 37.5 Å². The molecule has 4 aliphatic rings. The summed E-state index contributed by atoms with van der Waals surface area (Å²) in [6.45, 7) is 6.48. The van der Waals surface area contributed by atoms with Gasteiger partial charge in [0.15, 0.2) is 12.2 Å². The number of esters is 2. The molecule has 4 rings (SSSR count). The van der Waals surface area contributed by atoms with Crippen LogP contribution in [-0.2, 0) is 32.9 Å². The van der Waals surface area contributed by atoms with E-state index < -0.39 is 43.5 Å². The first-order valence-electron chi connectivity index (χ1n) is 12.5. The molecule has 0 aromatic rings. The number of carbonyl (C=O) groups is 3. The van der Waals surface area contributed by atoms with E-state index in [4.69, 9.17) is 14.0 Å². The number of ether oxygens (including phenoxy) is 2. The Morgan fingerprint density at radius 3 is 2.34 bits per heavy atom. The Morgan fingerprint density at radius 2 is 1.71 bits per heavy atom. The Labute approximate surface area is 206 Å². The Morgan fingerprint density at radius 1 is 1.03 bits per heavy atom. The number of ketones is 1. The van der Waals surface area contributed by atoms with Crippen LogP contribution in [0.5, 0.6) is 0 Å². The van der Waals surface area contributed by atoms with Gasteiger partial charge in [-0.3, -0.25) is 18.9 Å². The second kappa shape index (κ2) is 9.09. The third kappa shape index (κ3) is 4.54. The first-order valence-corrected chi connectivity index (χ1v) is 14.0. The Kier molecular flexibility index (Phi) is 6.89. The molecule has 7 atom stereocenters. The SMILES string of the molecule is CC(=O)OCC(=O)[C@@]1(OC(C)=O)CC[C@@H]2[C@@H]3CC=C4C[C@@H](OP(=O)(O)O)CC[C@]4(C)[C@@H]3CC[C@@]21C. The summed E-state index contributed by atoms with van der Waals surface area (Å²) in [7, 11) is -4.54. The summed E-state index contributed by atoms with van der Waals surface area (Å²) in [5, 5.41) is 0. The maximum absolute atomic E-state index is 13.4. The van der Waals surface area contributed by atoms with E-state index in [1.54, 1.807) is 0 Å². The van der Waals surface area contributed by atoms with Gasteiger partial charge in [-0.1, -0.05) is 25.5 Å². The van der Waals surface area contributed by atoms with Crippen molar-refractivity contribution in [3.63, 3.8) is 0 Å². The fourth-order valence-corrected chi connectivity index (χ4v) is 8.69. The zero-order valence-corrected chi connectivity index (χ0v) is 21.8. The van der Waals surface area contributed by atoms with Gasteiger partial charge in [0, 0.05) is 19.3 Å². The van der Waals surface area contributed by atoms with E-state index in [-0.39, 0.29) is 17.1 Å². The zero-order valence-electron chi connectivity index (χ0n) is 21.0. The van der Waals surface area contributed by atoms with Gasteiger partial charge in [0.2, 0.25) is 5.78 Å². The number of Topliss-reactive ketones (excluding diaryl/α,β-unsaturated/α-hetero) is 1. The molecule has 0 saturated heterocycles. The topological polar surface area (TPSA) is 136 Å². The molecule has 3 fully saturated rings. The molecule has 3 saturated carbocycles. The largest absolute Gasteiger partial charge is 0.469 e. The summed E-state index contributed by atoms with van der Waals surface area (Å²) in [5.74, 6) is -0.559. The molecule has 0 heterocycles. The third-order valence-electron chi connectivity index (χ3n) is 9.64. The Hall–Kier alpha value is -1.54. The van der Waals surface area contributed by atoms with E-state index in [1.807, 2.05) is 0 Å². The maximum Gasteiger partial charge on any atom is 0.469 e. The van der Waals surface area contributed by atoms with E-state index in [1.165, 1.54) is 19.4 Å². The van der Waals surface area contributed by atoms with Crippen LogP contribution in [0.3, 0.4) is 0 Å². The molecule has 0 radical (unpaired) electrons. The predicted octanol–water partition coefficient (Wildman–Crippen LogP) is 3.86. The van der Waals surface area contributed by atoms with Crippen LogP contribution in [-0.4, -0.2) is 45.8 Å². The van der Waals surface area contributed by atoms with Crippen LogP contribution in [0, 0.1) is 28.6 Å². The molecule has 0 aliphatic heterocycles. The van der Waals surface area contributed by atoms with Gasteiger partial charge in [-0.25, -0.2) is 4.57 Å². The fraction of sp³-hybridized carbons (Fsp3) is 0.800. The standard InChI is InChI=1S/C25H37O9P/c1-15(26)32-14-22(28)25(33-16(2)27)12-9-21-19-6-5-17-13-18(34-35(29,30)31)7-10-23(17,3)20(19)8-11-24(21,25)4/h5,18-21H,6-14H2,1-4H3,(H2,29,30,31)/t18-,19+,20+,21+,23-,24-,25-/m0/s1. The molecule has 10 heteroatoms. The summed E-state index contributed by atoms with van der Waals surface area (Å²) < 4.78 is 27.3. The highest BCUT2D eigenvalue weighted by Crippen LogP contribution is 2.68. The van der Waals surface area contributed by atoms with Crippen molar-refractivity contribution in [3.8, 4) is 0 Å². The molecule has 4 aliphatic carbocycles. The third-order valence-corrected chi connectivity index (χ3v) is 10.2. The minimum Gasteiger partial charge on any atom is -0.458 e. The smallest absolute Gasteiger partial charge is 0.458 e. The fourth-order valence-electron chi connectivity index (χ4n) is 8.12. The monoisotopic (exact) mass is 512 g/mol. The Balaban J connectivity index is 1.61. The molecule has 0 unspecified atom stereocenters. The number of phosphoric ester groups is 1. The lowest BCUT2D eigenvalue weighted by atomic mass is 9.46. The average Bonchev–Trinajstić information content (AvgIpc) is 3.04. The summed E-state index contributed by atoms with van der Waals surface area (Å²) in [5.41, 5.74) is -0.737. The second-order valence-corrected chi connectivity index (χ2v) is 12.5. The first kappa shape index (κ1) is 26.5. The molecule has 9 nitrogen and oxygen atoms in total. The number of carbonyl (C=O) groups excluding carboxylic acids is 3. The maximum atomic E-state index is 13.4. The van der Waals surface area contributed by atoms with Gasteiger partial charge in [-0.15, -0.1) is 0 Å². The lowest BCUT2D eigenvalue weighted by Crippen LogP contribution is -2.59. The lowest BCUT2D eigenvalue weighted by molar-refractivity contribution is -0.190. The molecule has 0 aromatic carbocycles. The number of allylic oxidation sites excluding steroid dienone is 1. The van der Waals surface area contributed by atoms with Crippen molar-refractivity contribution >= 4 is 25.5 Å². The van der Waals surface area contributed by atoms with Crippen LogP contribution >= 0.6 is 7.82 Å². The molecule has 35 heavy (non-hydrogen) atoms. The van der Waals surface area contributed by atoms with Crippen LogP contribution in [0.25, 0.3) is 0 Å². The van der Waals surface area contributed by atoms with Crippen LogP contribution in [0.1, 0.15) is 79.1 Å².